The van der Waals surface area contributed by atoms with Crippen LogP contribution in [0.15, 0.2) is 18.2 Å². The van der Waals surface area contributed by atoms with Crippen molar-refractivity contribution in [3.63, 3.8) is 0 Å². The fraction of sp³-hybridized carbons (Fsp3) is 0.588. The predicted octanol–water partition coefficient (Wildman–Crippen LogP) is 3.45. The normalized spacial score (nSPS) is 15.8. The summed E-state index contributed by atoms with van der Waals surface area (Å²) >= 11 is 2.02. The molecule has 1 amide bonds. The number of halogens is 2. The first-order chi connectivity index (χ1) is 10.6. The molecule has 1 aliphatic heterocycles. The van der Waals surface area contributed by atoms with Crippen molar-refractivity contribution < 1.29 is 4.79 Å². The largest absolute Gasteiger partial charge is 0.328 e. The van der Waals surface area contributed by atoms with E-state index < -0.39 is 0 Å². The van der Waals surface area contributed by atoms with Crippen LogP contribution in [0, 0.1) is 6.92 Å². The molecular weight excluding hydrogens is 365 g/mol. The lowest BCUT2D eigenvalue weighted by molar-refractivity contribution is -0.116. The first-order valence-electron chi connectivity index (χ1n) is 8.00. The molecule has 1 aromatic rings. The minimum atomic E-state index is 0. The second-order valence-electron chi connectivity index (χ2n) is 6.04. The molecule has 0 saturated carbocycles. The van der Waals surface area contributed by atoms with Gasteiger partial charge in [0.15, 0.2) is 0 Å². The molecule has 1 aliphatic rings. The third-order valence-corrected chi connectivity index (χ3v) is 4.99. The monoisotopic (exact) mass is 393 g/mol. The lowest BCUT2D eigenvalue weighted by Gasteiger charge is -2.27. The van der Waals surface area contributed by atoms with Crippen molar-refractivity contribution >= 4 is 48.2 Å². The van der Waals surface area contributed by atoms with Gasteiger partial charge in [-0.1, -0.05) is 12.1 Å². The molecule has 24 heavy (non-hydrogen) atoms. The van der Waals surface area contributed by atoms with Crippen LogP contribution in [0.2, 0.25) is 0 Å². The molecule has 0 radical (unpaired) electrons. The third kappa shape index (κ3) is 7.62. The quantitative estimate of drug-likeness (QED) is 0.776. The summed E-state index contributed by atoms with van der Waals surface area (Å²) in [5.41, 5.74) is 9.11. The molecule has 7 heteroatoms. The highest BCUT2D eigenvalue weighted by Gasteiger charge is 2.14. The van der Waals surface area contributed by atoms with Gasteiger partial charge in [-0.25, -0.2) is 0 Å². The minimum absolute atomic E-state index is 0. The van der Waals surface area contributed by atoms with Gasteiger partial charge in [-0.05, 0) is 37.5 Å². The summed E-state index contributed by atoms with van der Waals surface area (Å²) in [5, 5.41) is 3.03. The lowest BCUT2D eigenvalue weighted by atomic mass is 10.1. The van der Waals surface area contributed by atoms with Gasteiger partial charge >= 0.3 is 0 Å². The van der Waals surface area contributed by atoms with E-state index in [0.717, 1.165) is 31.7 Å². The molecule has 0 bridgehead atoms. The van der Waals surface area contributed by atoms with Gasteiger partial charge in [0.05, 0.1) is 0 Å². The Morgan fingerprint density at radius 2 is 2.00 bits per heavy atom. The van der Waals surface area contributed by atoms with Gasteiger partial charge in [0.25, 0.3) is 0 Å². The first-order valence-corrected chi connectivity index (χ1v) is 9.15. The molecule has 138 valence electrons. The Bertz CT molecular complexity index is 509. The van der Waals surface area contributed by atoms with Crippen molar-refractivity contribution in [2.24, 2.45) is 5.73 Å². The van der Waals surface area contributed by atoms with Crippen LogP contribution in [0.4, 0.5) is 5.69 Å². The number of hydrogen-bond acceptors (Lipinski definition) is 4. The molecule has 0 aromatic heterocycles. The van der Waals surface area contributed by atoms with Crippen LogP contribution in [0.25, 0.3) is 0 Å². The standard InChI is InChI=1S/C17H27N3OS.2ClH/c1-13(18)6-7-17(21)19-16-5-3-4-15(14(16)2)12-20-8-10-22-11-9-20;;/h3-5,13H,6-12,18H2,1-2H3,(H,19,21);2*1H. The fourth-order valence-electron chi connectivity index (χ4n) is 2.56. The maximum absolute atomic E-state index is 12.0. The maximum atomic E-state index is 12.0. The van der Waals surface area contributed by atoms with E-state index in [-0.39, 0.29) is 36.8 Å². The van der Waals surface area contributed by atoms with Gasteiger partial charge in [-0.15, -0.1) is 24.8 Å². The molecule has 1 heterocycles. The highest BCUT2D eigenvalue weighted by Crippen LogP contribution is 2.22. The molecule has 1 aromatic carbocycles. The number of nitrogens with two attached hydrogens (primary N) is 1. The summed E-state index contributed by atoms with van der Waals surface area (Å²) < 4.78 is 0. The molecule has 0 aliphatic carbocycles. The van der Waals surface area contributed by atoms with E-state index in [9.17, 15) is 4.79 Å². The molecular formula is C17H29Cl2N3OS. The number of nitrogens with zero attached hydrogens (tertiary/aromatic N) is 1. The van der Waals surface area contributed by atoms with Gasteiger partial charge in [0, 0.05) is 49.3 Å². The molecule has 3 N–H and O–H groups in total. The lowest BCUT2D eigenvalue weighted by Crippen LogP contribution is -2.32. The minimum Gasteiger partial charge on any atom is -0.328 e. The Morgan fingerprint density at radius 1 is 1.33 bits per heavy atom. The number of anilines is 1. The molecule has 1 saturated heterocycles. The molecule has 2 rings (SSSR count). The van der Waals surface area contributed by atoms with Crippen molar-refractivity contribution in [3.05, 3.63) is 29.3 Å². The predicted molar refractivity (Wildman–Crippen MR) is 110 cm³/mol. The Labute approximate surface area is 162 Å². The zero-order chi connectivity index (χ0) is 15.9. The van der Waals surface area contributed by atoms with Gasteiger partial charge in [0.2, 0.25) is 5.91 Å². The summed E-state index contributed by atoms with van der Waals surface area (Å²) in [6.45, 7) is 7.28. The Hall–Kier alpha value is -0.460. The van der Waals surface area contributed by atoms with Crippen molar-refractivity contribution in [1.29, 1.82) is 0 Å². The number of carbonyl (C=O) groups is 1. The first kappa shape index (κ1) is 23.5. The van der Waals surface area contributed by atoms with Gasteiger partial charge < -0.3 is 11.1 Å². The fourth-order valence-corrected chi connectivity index (χ4v) is 3.54. The summed E-state index contributed by atoms with van der Waals surface area (Å²) in [6.07, 6.45) is 1.20. The summed E-state index contributed by atoms with van der Waals surface area (Å²) in [7, 11) is 0. The van der Waals surface area contributed by atoms with Crippen LogP contribution in [0.1, 0.15) is 30.9 Å². The number of amides is 1. The number of rotatable bonds is 6. The van der Waals surface area contributed by atoms with Gasteiger partial charge in [0.1, 0.15) is 0 Å². The van der Waals surface area contributed by atoms with Crippen molar-refractivity contribution in [1.82, 2.24) is 4.90 Å². The van der Waals surface area contributed by atoms with E-state index in [1.165, 1.54) is 22.6 Å². The maximum Gasteiger partial charge on any atom is 0.224 e. The number of hydrogen-bond donors (Lipinski definition) is 2. The van der Waals surface area contributed by atoms with Crippen LogP contribution in [0.3, 0.4) is 0 Å². The topological polar surface area (TPSA) is 58.4 Å². The second kappa shape index (κ2) is 12.0. The zero-order valence-corrected chi connectivity index (χ0v) is 16.9. The average molecular weight is 394 g/mol. The summed E-state index contributed by atoms with van der Waals surface area (Å²) in [6, 6.07) is 6.24. The van der Waals surface area contributed by atoms with Gasteiger partial charge in [-0.2, -0.15) is 11.8 Å². The molecule has 4 nitrogen and oxygen atoms in total. The van der Waals surface area contributed by atoms with Crippen molar-refractivity contribution in [2.45, 2.75) is 39.3 Å². The summed E-state index contributed by atoms with van der Waals surface area (Å²) in [5.74, 6) is 2.48. The van der Waals surface area contributed by atoms with E-state index in [0.29, 0.717) is 6.42 Å². The zero-order valence-electron chi connectivity index (χ0n) is 14.4. The highest BCUT2D eigenvalue weighted by molar-refractivity contribution is 7.99. The van der Waals surface area contributed by atoms with Crippen LogP contribution in [-0.4, -0.2) is 41.4 Å². The number of nitrogens with one attached hydrogen (secondary N) is 1. The van der Waals surface area contributed by atoms with Gasteiger partial charge in [-0.3, -0.25) is 9.69 Å². The number of benzene rings is 1. The number of thioether (sulfide) groups is 1. The Kier molecular flexibility index (Phi) is 11.8. The molecule has 0 spiro atoms. The van der Waals surface area contributed by atoms with Crippen molar-refractivity contribution in [2.75, 3.05) is 29.9 Å². The molecule has 1 unspecified atom stereocenters. The second-order valence-corrected chi connectivity index (χ2v) is 7.27. The van der Waals surface area contributed by atoms with Crippen LogP contribution >= 0.6 is 36.6 Å². The SMILES string of the molecule is Cc1c(CN2CCSCC2)cccc1NC(=O)CCC(C)N.Cl.Cl. The van der Waals surface area contributed by atoms with E-state index in [4.69, 9.17) is 5.73 Å². The smallest absolute Gasteiger partial charge is 0.224 e. The van der Waals surface area contributed by atoms with E-state index in [2.05, 4.69) is 23.2 Å². The van der Waals surface area contributed by atoms with E-state index >= 15 is 0 Å². The third-order valence-electron chi connectivity index (χ3n) is 4.04. The summed E-state index contributed by atoms with van der Waals surface area (Å²) in [4.78, 5) is 14.5. The Balaban J connectivity index is 0.00000264. The Morgan fingerprint density at radius 3 is 2.62 bits per heavy atom. The van der Waals surface area contributed by atoms with Crippen LogP contribution in [-0.2, 0) is 11.3 Å². The van der Waals surface area contributed by atoms with E-state index in [1.54, 1.807) is 0 Å². The van der Waals surface area contributed by atoms with E-state index in [1.807, 2.05) is 30.8 Å². The van der Waals surface area contributed by atoms with Crippen LogP contribution < -0.4 is 11.1 Å². The average Bonchev–Trinajstić information content (AvgIpc) is 2.50. The van der Waals surface area contributed by atoms with Crippen molar-refractivity contribution in [3.8, 4) is 0 Å². The highest BCUT2D eigenvalue weighted by atomic mass is 35.5. The number of carbonyl (C=O) groups excluding carboxylic acids is 1. The van der Waals surface area contributed by atoms with Crippen LogP contribution in [0.5, 0.6) is 0 Å². The molecule has 1 atom stereocenters. The molecule has 1 fully saturated rings.